The molecule has 2 aromatic rings. The molecule has 0 N–H and O–H groups in total. The molecule has 6 nitrogen and oxygen atoms in total. The SMILES string of the molecule is CCCN(CC(=O)N(C)C)C(=O)c1cc(-c2cccc(Cl)c2)no1. The van der Waals surface area contributed by atoms with E-state index < -0.39 is 0 Å². The Morgan fingerprint density at radius 1 is 1.25 bits per heavy atom. The number of amides is 2. The van der Waals surface area contributed by atoms with Gasteiger partial charge in [0, 0.05) is 37.3 Å². The van der Waals surface area contributed by atoms with Gasteiger partial charge in [0.1, 0.15) is 12.2 Å². The largest absolute Gasteiger partial charge is 0.350 e. The van der Waals surface area contributed by atoms with Crippen LogP contribution in [0.4, 0.5) is 0 Å². The van der Waals surface area contributed by atoms with Crippen molar-refractivity contribution in [3.63, 3.8) is 0 Å². The van der Waals surface area contributed by atoms with Crippen LogP contribution in [0, 0.1) is 0 Å². The van der Waals surface area contributed by atoms with Crippen molar-refractivity contribution in [2.75, 3.05) is 27.2 Å². The summed E-state index contributed by atoms with van der Waals surface area (Å²) >= 11 is 5.97. The van der Waals surface area contributed by atoms with Crippen LogP contribution in [-0.4, -0.2) is 54.0 Å². The molecule has 2 amide bonds. The number of aromatic nitrogens is 1. The molecule has 1 heterocycles. The molecule has 1 aromatic heterocycles. The maximum Gasteiger partial charge on any atom is 0.292 e. The zero-order valence-electron chi connectivity index (χ0n) is 14.0. The maximum atomic E-state index is 12.6. The van der Waals surface area contributed by atoms with E-state index in [1.54, 1.807) is 38.4 Å². The molecule has 0 bridgehead atoms. The van der Waals surface area contributed by atoms with Crippen LogP contribution in [0.1, 0.15) is 23.9 Å². The molecule has 0 spiro atoms. The van der Waals surface area contributed by atoms with Crippen molar-refractivity contribution >= 4 is 23.4 Å². The molecule has 0 aliphatic carbocycles. The molecule has 0 saturated carbocycles. The van der Waals surface area contributed by atoms with Gasteiger partial charge in [0.25, 0.3) is 5.91 Å². The molecule has 0 atom stereocenters. The zero-order chi connectivity index (χ0) is 17.7. The quantitative estimate of drug-likeness (QED) is 0.804. The zero-order valence-corrected chi connectivity index (χ0v) is 14.7. The third-order valence-electron chi connectivity index (χ3n) is 3.45. The van der Waals surface area contributed by atoms with E-state index in [0.29, 0.717) is 17.3 Å². The molecule has 0 aliphatic heterocycles. The minimum Gasteiger partial charge on any atom is -0.350 e. The van der Waals surface area contributed by atoms with Crippen molar-refractivity contribution in [2.45, 2.75) is 13.3 Å². The van der Waals surface area contributed by atoms with E-state index in [0.717, 1.165) is 12.0 Å². The lowest BCUT2D eigenvalue weighted by Gasteiger charge is -2.22. The Balaban J connectivity index is 2.20. The van der Waals surface area contributed by atoms with Gasteiger partial charge in [-0.15, -0.1) is 0 Å². The number of nitrogens with zero attached hydrogens (tertiary/aromatic N) is 3. The number of halogens is 1. The average Bonchev–Trinajstić information content (AvgIpc) is 3.03. The highest BCUT2D eigenvalue weighted by molar-refractivity contribution is 6.30. The molecule has 0 aliphatic rings. The minimum atomic E-state index is -0.354. The van der Waals surface area contributed by atoms with E-state index >= 15 is 0 Å². The highest BCUT2D eigenvalue weighted by Gasteiger charge is 2.23. The standard InChI is InChI=1S/C17H20ClN3O3/c1-4-8-21(11-16(22)20(2)3)17(23)15-10-14(19-24-15)12-6-5-7-13(18)9-12/h5-7,9-10H,4,8,11H2,1-3H3. The van der Waals surface area contributed by atoms with Gasteiger partial charge < -0.3 is 14.3 Å². The van der Waals surface area contributed by atoms with Crippen LogP contribution >= 0.6 is 11.6 Å². The van der Waals surface area contributed by atoms with Crippen LogP contribution in [0.25, 0.3) is 11.3 Å². The lowest BCUT2D eigenvalue weighted by Crippen LogP contribution is -2.40. The molecule has 24 heavy (non-hydrogen) atoms. The highest BCUT2D eigenvalue weighted by atomic mass is 35.5. The van der Waals surface area contributed by atoms with E-state index in [9.17, 15) is 9.59 Å². The van der Waals surface area contributed by atoms with E-state index in [-0.39, 0.29) is 24.1 Å². The summed E-state index contributed by atoms with van der Waals surface area (Å²) in [4.78, 5) is 27.4. The Morgan fingerprint density at radius 2 is 2.00 bits per heavy atom. The number of carbonyl (C=O) groups excluding carboxylic acids is 2. The second kappa shape index (κ2) is 7.97. The van der Waals surface area contributed by atoms with Crippen molar-refractivity contribution in [3.05, 3.63) is 41.1 Å². The number of hydrogen-bond donors (Lipinski definition) is 0. The molecule has 0 fully saturated rings. The van der Waals surface area contributed by atoms with Gasteiger partial charge in [0.05, 0.1) is 0 Å². The number of likely N-dealkylation sites (N-methyl/N-ethyl adjacent to an activating group) is 1. The fourth-order valence-corrected chi connectivity index (χ4v) is 2.33. The average molecular weight is 350 g/mol. The molecule has 128 valence electrons. The van der Waals surface area contributed by atoms with E-state index in [1.807, 2.05) is 13.0 Å². The van der Waals surface area contributed by atoms with Gasteiger partial charge in [-0.2, -0.15) is 0 Å². The highest BCUT2D eigenvalue weighted by Crippen LogP contribution is 2.23. The molecule has 0 radical (unpaired) electrons. The van der Waals surface area contributed by atoms with Crippen molar-refractivity contribution in [1.82, 2.24) is 15.0 Å². The van der Waals surface area contributed by atoms with Crippen molar-refractivity contribution < 1.29 is 14.1 Å². The number of rotatable bonds is 6. The summed E-state index contributed by atoms with van der Waals surface area (Å²) in [6.07, 6.45) is 0.738. The van der Waals surface area contributed by atoms with Crippen LogP contribution < -0.4 is 0 Å². The summed E-state index contributed by atoms with van der Waals surface area (Å²) in [7, 11) is 3.31. The van der Waals surface area contributed by atoms with Gasteiger partial charge in [-0.3, -0.25) is 9.59 Å². The third kappa shape index (κ3) is 4.35. The Morgan fingerprint density at radius 3 is 2.62 bits per heavy atom. The molecule has 1 aromatic carbocycles. The minimum absolute atomic E-state index is 0.00682. The monoisotopic (exact) mass is 349 g/mol. The molecule has 0 saturated heterocycles. The summed E-state index contributed by atoms with van der Waals surface area (Å²) in [5.41, 5.74) is 1.29. The second-order valence-electron chi connectivity index (χ2n) is 5.60. The first-order valence-corrected chi connectivity index (χ1v) is 8.02. The fourth-order valence-electron chi connectivity index (χ4n) is 2.14. The maximum absolute atomic E-state index is 12.6. The van der Waals surface area contributed by atoms with E-state index in [2.05, 4.69) is 5.16 Å². The summed E-state index contributed by atoms with van der Waals surface area (Å²) < 4.78 is 5.18. The number of hydrogen-bond acceptors (Lipinski definition) is 4. The lowest BCUT2D eigenvalue weighted by molar-refractivity contribution is -0.129. The normalized spacial score (nSPS) is 10.5. The number of benzene rings is 1. The van der Waals surface area contributed by atoms with Gasteiger partial charge in [-0.1, -0.05) is 35.8 Å². The lowest BCUT2D eigenvalue weighted by atomic mass is 10.1. The Kier molecular flexibility index (Phi) is 5.98. The molecule has 0 unspecified atom stereocenters. The number of carbonyl (C=O) groups is 2. The Labute approximate surface area is 146 Å². The van der Waals surface area contributed by atoms with E-state index in [1.165, 1.54) is 9.80 Å². The van der Waals surface area contributed by atoms with Gasteiger partial charge in [-0.25, -0.2) is 0 Å². The summed E-state index contributed by atoms with van der Waals surface area (Å²) in [5.74, 6) is -0.399. The van der Waals surface area contributed by atoms with Crippen LogP contribution in [0.3, 0.4) is 0 Å². The fraction of sp³-hybridized carbons (Fsp3) is 0.353. The third-order valence-corrected chi connectivity index (χ3v) is 3.68. The van der Waals surface area contributed by atoms with Crippen molar-refractivity contribution in [3.8, 4) is 11.3 Å². The van der Waals surface area contributed by atoms with Gasteiger partial charge in [-0.05, 0) is 18.6 Å². The predicted molar refractivity (Wildman–Crippen MR) is 91.8 cm³/mol. The van der Waals surface area contributed by atoms with E-state index in [4.69, 9.17) is 16.1 Å². The Bertz CT molecular complexity index is 727. The van der Waals surface area contributed by atoms with Crippen LogP contribution in [-0.2, 0) is 4.79 Å². The van der Waals surface area contributed by atoms with Crippen molar-refractivity contribution in [2.24, 2.45) is 0 Å². The first kappa shape index (κ1) is 18.0. The molecular weight excluding hydrogens is 330 g/mol. The van der Waals surface area contributed by atoms with Crippen LogP contribution in [0.15, 0.2) is 34.9 Å². The Hall–Kier alpha value is -2.34. The summed E-state index contributed by atoms with van der Waals surface area (Å²) in [6, 6.07) is 8.70. The first-order valence-electron chi connectivity index (χ1n) is 7.64. The van der Waals surface area contributed by atoms with Crippen LogP contribution in [0.2, 0.25) is 5.02 Å². The molecule has 2 rings (SSSR count). The summed E-state index contributed by atoms with van der Waals surface area (Å²) in [6.45, 7) is 2.41. The smallest absolute Gasteiger partial charge is 0.292 e. The topological polar surface area (TPSA) is 66.7 Å². The second-order valence-corrected chi connectivity index (χ2v) is 6.04. The summed E-state index contributed by atoms with van der Waals surface area (Å²) in [5, 5.41) is 4.51. The predicted octanol–water partition coefficient (Wildman–Crippen LogP) is 2.94. The van der Waals surface area contributed by atoms with Gasteiger partial charge in [0.2, 0.25) is 11.7 Å². The molecule has 7 heteroatoms. The molecular formula is C17H20ClN3O3. The van der Waals surface area contributed by atoms with Crippen LogP contribution in [0.5, 0.6) is 0 Å². The van der Waals surface area contributed by atoms with Gasteiger partial charge in [0.15, 0.2) is 0 Å². The first-order chi connectivity index (χ1) is 11.4. The van der Waals surface area contributed by atoms with Crippen molar-refractivity contribution in [1.29, 1.82) is 0 Å². The van der Waals surface area contributed by atoms with Gasteiger partial charge >= 0.3 is 0 Å².